The van der Waals surface area contributed by atoms with Gasteiger partial charge in [-0.1, -0.05) is 12.2 Å². The third-order valence-corrected chi connectivity index (χ3v) is 1.22. The van der Waals surface area contributed by atoms with Crippen molar-refractivity contribution >= 4 is 11.8 Å². The molecule has 1 amide bonds. The number of nitrogens with one attached hydrogen (secondary N) is 1. The van der Waals surface area contributed by atoms with E-state index >= 15 is 0 Å². The van der Waals surface area contributed by atoms with Crippen LogP contribution in [0.2, 0.25) is 0 Å². The molecule has 58 valence electrons. The average Bonchev–Trinajstić information content (AvgIpc) is 1.93. The summed E-state index contributed by atoms with van der Waals surface area (Å²) >= 11 is 0. The molecule has 11 heavy (non-hydrogen) atoms. The van der Waals surface area contributed by atoms with Crippen molar-refractivity contribution in [3.05, 3.63) is 24.3 Å². The van der Waals surface area contributed by atoms with Gasteiger partial charge in [-0.2, -0.15) is 0 Å². The molecule has 1 atom stereocenters. The Hall–Kier alpha value is -1.58. The van der Waals surface area contributed by atoms with Gasteiger partial charge in [-0.05, 0) is 12.2 Å². The summed E-state index contributed by atoms with van der Waals surface area (Å²) in [6.45, 7) is 0. The van der Waals surface area contributed by atoms with Gasteiger partial charge in [0.25, 0.3) is 0 Å². The molecule has 0 bridgehead atoms. The highest BCUT2D eigenvalue weighted by atomic mass is 16.6. The number of carbonyl (C=O) groups is 1. The Morgan fingerprint density at radius 2 is 2.36 bits per heavy atom. The van der Waals surface area contributed by atoms with Crippen LogP contribution in [0.5, 0.6) is 0 Å². The van der Waals surface area contributed by atoms with Gasteiger partial charge in [0.05, 0.1) is 5.71 Å². The second kappa shape index (κ2) is 3.01. The Labute approximate surface area is 63.8 Å². The number of primary amides is 1. The first-order valence-electron chi connectivity index (χ1n) is 3.09. The molecular weight excluding hydrogens is 144 g/mol. The molecule has 0 saturated heterocycles. The Bertz CT molecular complexity index is 243. The summed E-state index contributed by atoms with van der Waals surface area (Å²) in [4.78, 5) is 10.3. The molecule has 3 N–H and O–H groups in total. The summed E-state index contributed by atoms with van der Waals surface area (Å²) in [5, 5.41) is 7.27. The van der Waals surface area contributed by atoms with Crippen molar-refractivity contribution < 1.29 is 9.53 Å². The van der Waals surface area contributed by atoms with E-state index in [-0.39, 0.29) is 5.71 Å². The molecule has 4 nitrogen and oxygen atoms in total. The number of allylic oxidation sites excluding steroid dienone is 2. The molecular formula is C7H8N2O2. The Morgan fingerprint density at radius 1 is 1.64 bits per heavy atom. The Kier molecular flexibility index (Phi) is 2.06. The molecule has 1 aliphatic rings. The fraction of sp³-hybridized carbons (Fsp3) is 0.143. The lowest BCUT2D eigenvalue weighted by atomic mass is 10.1. The highest BCUT2D eigenvalue weighted by Gasteiger charge is 2.13. The van der Waals surface area contributed by atoms with Crippen LogP contribution in [0.15, 0.2) is 24.3 Å². The van der Waals surface area contributed by atoms with Gasteiger partial charge >= 0.3 is 6.09 Å². The van der Waals surface area contributed by atoms with Crippen LogP contribution < -0.4 is 5.73 Å². The van der Waals surface area contributed by atoms with Crippen LogP contribution in [0.25, 0.3) is 0 Å². The number of nitrogens with two attached hydrogens (primary N) is 1. The van der Waals surface area contributed by atoms with Crippen molar-refractivity contribution in [3.8, 4) is 0 Å². The first kappa shape index (κ1) is 7.53. The molecule has 0 aromatic heterocycles. The summed E-state index contributed by atoms with van der Waals surface area (Å²) in [5.74, 6) is 0. The minimum absolute atomic E-state index is 0.228. The van der Waals surface area contributed by atoms with E-state index in [1.54, 1.807) is 24.3 Å². The third kappa shape index (κ3) is 1.93. The molecule has 0 saturated carbocycles. The zero-order chi connectivity index (χ0) is 8.27. The minimum atomic E-state index is -0.861. The Balaban J connectivity index is 2.59. The van der Waals surface area contributed by atoms with Crippen molar-refractivity contribution in [2.45, 2.75) is 6.10 Å². The molecule has 0 spiro atoms. The van der Waals surface area contributed by atoms with Crippen LogP contribution in [0.4, 0.5) is 4.79 Å². The molecule has 1 aliphatic carbocycles. The van der Waals surface area contributed by atoms with E-state index in [0.29, 0.717) is 0 Å². The third-order valence-electron chi connectivity index (χ3n) is 1.22. The molecule has 1 rings (SSSR count). The number of amides is 1. The monoisotopic (exact) mass is 152 g/mol. The van der Waals surface area contributed by atoms with E-state index in [9.17, 15) is 4.79 Å². The largest absolute Gasteiger partial charge is 0.436 e. The number of carbonyl (C=O) groups excluding carboxylic acids is 1. The topological polar surface area (TPSA) is 76.2 Å². The fourth-order valence-electron chi connectivity index (χ4n) is 0.751. The summed E-state index contributed by atoms with van der Waals surface area (Å²) in [6.07, 6.45) is 5.06. The molecule has 4 heteroatoms. The normalized spacial score (nSPS) is 21.8. The number of hydrogen-bond acceptors (Lipinski definition) is 3. The maximum Gasteiger partial charge on any atom is 0.405 e. The number of rotatable bonds is 1. The summed E-state index contributed by atoms with van der Waals surface area (Å²) in [5.41, 5.74) is 5.00. The summed E-state index contributed by atoms with van der Waals surface area (Å²) < 4.78 is 4.58. The van der Waals surface area contributed by atoms with E-state index in [1.807, 2.05) is 0 Å². The van der Waals surface area contributed by atoms with Crippen molar-refractivity contribution in [1.29, 1.82) is 5.41 Å². The first-order chi connectivity index (χ1) is 5.20. The molecule has 0 fully saturated rings. The van der Waals surface area contributed by atoms with Gasteiger partial charge in [0.15, 0.2) is 6.10 Å². The second-order valence-corrected chi connectivity index (χ2v) is 2.06. The summed E-state index contributed by atoms with van der Waals surface area (Å²) in [7, 11) is 0. The van der Waals surface area contributed by atoms with E-state index in [0.717, 1.165) is 0 Å². The van der Waals surface area contributed by atoms with Gasteiger partial charge in [0, 0.05) is 0 Å². The van der Waals surface area contributed by atoms with Crippen molar-refractivity contribution in [2.75, 3.05) is 0 Å². The minimum Gasteiger partial charge on any atom is -0.436 e. The zero-order valence-electron chi connectivity index (χ0n) is 5.78. The fourth-order valence-corrected chi connectivity index (χ4v) is 0.751. The molecule has 0 aliphatic heterocycles. The molecule has 0 aromatic carbocycles. The lowest BCUT2D eigenvalue weighted by Gasteiger charge is -2.12. The van der Waals surface area contributed by atoms with Gasteiger partial charge in [-0.25, -0.2) is 4.79 Å². The standard InChI is InChI=1S/C7H8N2O2/c8-5-3-1-2-4-6(5)11-7(9)10/h1-4,6,8H,(H2,9,10). The van der Waals surface area contributed by atoms with Crippen LogP contribution in [-0.2, 0) is 4.74 Å². The first-order valence-corrected chi connectivity index (χ1v) is 3.09. The number of ether oxygens (including phenoxy) is 1. The van der Waals surface area contributed by atoms with E-state index in [4.69, 9.17) is 11.1 Å². The van der Waals surface area contributed by atoms with E-state index in [2.05, 4.69) is 4.74 Å². The van der Waals surface area contributed by atoms with Crippen LogP contribution in [0.1, 0.15) is 0 Å². The van der Waals surface area contributed by atoms with Gasteiger partial charge in [-0.3, -0.25) is 0 Å². The van der Waals surface area contributed by atoms with Crippen molar-refractivity contribution in [1.82, 2.24) is 0 Å². The van der Waals surface area contributed by atoms with E-state index < -0.39 is 12.2 Å². The maximum absolute atomic E-state index is 10.3. The van der Waals surface area contributed by atoms with Crippen LogP contribution in [-0.4, -0.2) is 17.9 Å². The number of hydrogen-bond donors (Lipinski definition) is 2. The lowest BCUT2D eigenvalue weighted by molar-refractivity contribution is 0.153. The highest BCUT2D eigenvalue weighted by Crippen LogP contribution is 2.03. The predicted molar refractivity (Wildman–Crippen MR) is 40.5 cm³/mol. The quantitative estimate of drug-likeness (QED) is 0.577. The zero-order valence-corrected chi connectivity index (χ0v) is 5.78. The van der Waals surface area contributed by atoms with E-state index in [1.165, 1.54) is 0 Å². The van der Waals surface area contributed by atoms with Crippen LogP contribution in [0, 0.1) is 5.41 Å². The molecule has 0 heterocycles. The summed E-state index contributed by atoms with van der Waals surface area (Å²) in [6, 6.07) is 0. The van der Waals surface area contributed by atoms with Gasteiger partial charge in [0.2, 0.25) is 0 Å². The maximum atomic E-state index is 10.3. The Morgan fingerprint density at radius 3 is 2.91 bits per heavy atom. The van der Waals surface area contributed by atoms with Gasteiger partial charge < -0.3 is 15.9 Å². The van der Waals surface area contributed by atoms with Crippen molar-refractivity contribution in [2.24, 2.45) is 5.73 Å². The molecule has 0 radical (unpaired) electrons. The lowest BCUT2D eigenvalue weighted by Crippen LogP contribution is -2.27. The van der Waals surface area contributed by atoms with Gasteiger partial charge in [-0.15, -0.1) is 0 Å². The smallest absolute Gasteiger partial charge is 0.405 e. The second-order valence-electron chi connectivity index (χ2n) is 2.06. The predicted octanol–water partition coefficient (Wildman–Crippen LogP) is 0.596. The van der Waals surface area contributed by atoms with Crippen LogP contribution >= 0.6 is 0 Å². The average molecular weight is 152 g/mol. The molecule has 0 aromatic rings. The van der Waals surface area contributed by atoms with Gasteiger partial charge in [0.1, 0.15) is 0 Å². The SMILES string of the molecule is N=C1C=CC=CC1OC(N)=O. The molecule has 1 unspecified atom stereocenters. The highest BCUT2D eigenvalue weighted by molar-refractivity contribution is 5.99. The van der Waals surface area contributed by atoms with Crippen LogP contribution in [0.3, 0.4) is 0 Å². The van der Waals surface area contributed by atoms with Crippen molar-refractivity contribution in [3.63, 3.8) is 0 Å².